The molecule has 0 aliphatic carbocycles. The van der Waals surface area contributed by atoms with Crippen molar-refractivity contribution >= 4 is 11.9 Å². The number of nitrogens with zero attached hydrogens (tertiary/aromatic N) is 3. The zero-order valence-corrected chi connectivity index (χ0v) is 10.8. The van der Waals surface area contributed by atoms with Gasteiger partial charge in [-0.3, -0.25) is 4.79 Å². The first kappa shape index (κ1) is 15.5. The molecule has 2 N–H and O–H groups in total. The van der Waals surface area contributed by atoms with Gasteiger partial charge in [-0.05, 0) is 12.1 Å². The minimum Gasteiger partial charge on any atom is -0.481 e. The van der Waals surface area contributed by atoms with Crippen molar-refractivity contribution in [1.29, 1.82) is 0 Å². The Bertz CT molecular complexity index is 760. The van der Waals surface area contributed by atoms with Crippen LogP contribution in [0.3, 0.4) is 0 Å². The Balaban J connectivity index is 2.61. The van der Waals surface area contributed by atoms with E-state index in [2.05, 4.69) is 10.3 Å². The fourth-order valence-electron chi connectivity index (χ4n) is 1.79. The van der Waals surface area contributed by atoms with Crippen molar-refractivity contribution in [3.8, 4) is 11.3 Å². The number of aryl methyl sites for hydroxylation is 1. The molecule has 1 aromatic carbocycles. The monoisotopic (exact) mass is 315 g/mol. The van der Waals surface area contributed by atoms with E-state index < -0.39 is 52.8 Å². The lowest BCUT2D eigenvalue weighted by molar-refractivity contribution is -0.137. The lowest BCUT2D eigenvalue weighted by atomic mass is 10.1. The van der Waals surface area contributed by atoms with E-state index in [-0.39, 0.29) is 6.54 Å². The van der Waals surface area contributed by atoms with E-state index in [0.29, 0.717) is 6.07 Å². The smallest absolute Gasteiger partial charge is 0.358 e. The SMILES string of the molecule is O=C(O)CCn1nnc(C(=O)O)c1-c1ccc(F)c(F)c1F. The van der Waals surface area contributed by atoms with Crippen molar-refractivity contribution in [3.05, 3.63) is 35.3 Å². The molecular formula is C12H8F3N3O4. The molecular weight excluding hydrogens is 307 g/mol. The molecule has 22 heavy (non-hydrogen) atoms. The molecule has 2 rings (SSSR count). The number of aromatic carboxylic acids is 1. The minimum atomic E-state index is -1.78. The van der Waals surface area contributed by atoms with Gasteiger partial charge < -0.3 is 10.2 Å². The quantitative estimate of drug-likeness (QED) is 0.811. The highest BCUT2D eigenvalue weighted by Gasteiger charge is 2.25. The Morgan fingerprint density at radius 1 is 1.14 bits per heavy atom. The second kappa shape index (κ2) is 5.84. The van der Waals surface area contributed by atoms with Gasteiger partial charge in [0, 0.05) is 5.56 Å². The number of halogens is 3. The summed E-state index contributed by atoms with van der Waals surface area (Å²) in [6.45, 7) is -0.316. The Kier molecular flexibility index (Phi) is 4.11. The molecule has 0 bridgehead atoms. The molecule has 0 spiro atoms. The molecule has 0 radical (unpaired) electrons. The van der Waals surface area contributed by atoms with Gasteiger partial charge in [-0.15, -0.1) is 5.10 Å². The number of aliphatic carboxylic acids is 1. The summed E-state index contributed by atoms with van der Waals surface area (Å²) in [5.41, 5.74) is -1.72. The third-order valence-corrected chi connectivity index (χ3v) is 2.77. The number of hydrogen-bond donors (Lipinski definition) is 2. The van der Waals surface area contributed by atoms with Crippen LogP contribution < -0.4 is 0 Å². The van der Waals surface area contributed by atoms with Gasteiger partial charge in [-0.1, -0.05) is 5.21 Å². The number of benzene rings is 1. The Morgan fingerprint density at radius 3 is 2.41 bits per heavy atom. The van der Waals surface area contributed by atoms with Gasteiger partial charge in [-0.25, -0.2) is 22.6 Å². The van der Waals surface area contributed by atoms with Gasteiger partial charge in [0.2, 0.25) is 0 Å². The summed E-state index contributed by atoms with van der Waals surface area (Å²) in [6.07, 6.45) is -0.444. The molecule has 2 aromatic rings. The number of rotatable bonds is 5. The largest absolute Gasteiger partial charge is 0.481 e. The van der Waals surface area contributed by atoms with Crippen LogP contribution >= 0.6 is 0 Å². The number of carboxylic acid groups (broad SMARTS) is 2. The molecule has 0 aliphatic heterocycles. The van der Waals surface area contributed by atoms with Crippen molar-refractivity contribution in [2.75, 3.05) is 0 Å². The summed E-state index contributed by atoms with van der Waals surface area (Å²) < 4.78 is 41.0. The van der Waals surface area contributed by atoms with E-state index in [0.717, 1.165) is 10.7 Å². The summed E-state index contributed by atoms with van der Waals surface area (Å²) in [4.78, 5) is 21.7. The van der Waals surface area contributed by atoms with E-state index >= 15 is 0 Å². The lowest BCUT2D eigenvalue weighted by Gasteiger charge is -2.08. The first-order valence-corrected chi connectivity index (χ1v) is 5.85. The van der Waals surface area contributed by atoms with E-state index in [1.165, 1.54) is 0 Å². The highest BCUT2D eigenvalue weighted by molar-refractivity contribution is 5.92. The third-order valence-electron chi connectivity index (χ3n) is 2.77. The van der Waals surface area contributed by atoms with Crippen molar-refractivity contribution in [2.45, 2.75) is 13.0 Å². The van der Waals surface area contributed by atoms with Crippen LogP contribution in [-0.4, -0.2) is 37.1 Å². The van der Waals surface area contributed by atoms with Gasteiger partial charge in [0.05, 0.1) is 13.0 Å². The maximum atomic E-state index is 13.9. The molecule has 0 saturated heterocycles. The molecule has 0 fully saturated rings. The van der Waals surface area contributed by atoms with E-state index in [1.807, 2.05) is 0 Å². The van der Waals surface area contributed by atoms with Crippen LogP contribution in [0.4, 0.5) is 13.2 Å². The van der Waals surface area contributed by atoms with Crippen molar-refractivity contribution in [1.82, 2.24) is 15.0 Å². The molecule has 1 heterocycles. The van der Waals surface area contributed by atoms with Crippen molar-refractivity contribution < 1.29 is 33.0 Å². The van der Waals surface area contributed by atoms with Crippen LogP contribution in [0.25, 0.3) is 11.3 Å². The van der Waals surface area contributed by atoms with Crippen molar-refractivity contribution in [2.24, 2.45) is 0 Å². The second-order valence-corrected chi connectivity index (χ2v) is 4.18. The summed E-state index contributed by atoms with van der Waals surface area (Å²) in [7, 11) is 0. The number of carbonyl (C=O) groups is 2. The highest BCUT2D eigenvalue weighted by atomic mass is 19.2. The molecule has 0 saturated carbocycles. The first-order chi connectivity index (χ1) is 10.3. The van der Waals surface area contributed by atoms with E-state index in [1.54, 1.807) is 0 Å². The summed E-state index contributed by atoms with van der Waals surface area (Å²) in [5, 5.41) is 24.4. The zero-order chi connectivity index (χ0) is 16.4. The summed E-state index contributed by atoms with van der Waals surface area (Å²) >= 11 is 0. The molecule has 0 atom stereocenters. The Labute approximate surface area is 120 Å². The number of aromatic nitrogens is 3. The average molecular weight is 315 g/mol. The Morgan fingerprint density at radius 2 is 1.82 bits per heavy atom. The van der Waals surface area contributed by atoms with Crippen LogP contribution in [-0.2, 0) is 11.3 Å². The van der Waals surface area contributed by atoms with Crippen LogP contribution in [0.1, 0.15) is 16.9 Å². The normalized spacial score (nSPS) is 10.7. The van der Waals surface area contributed by atoms with Crippen LogP contribution in [0.5, 0.6) is 0 Å². The summed E-state index contributed by atoms with van der Waals surface area (Å²) in [6, 6.07) is 1.45. The zero-order valence-electron chi connectivity index (χ0n) is 10.8. The predicted molar refractivity (Wildman–Crippen MR) is 64.5 cm³/mol. The van der Waals surface area contributed by atoms with Crippen LogP contribution in [0.15, 0.2) is 12.1 Å². The fourth-order valence-corrected chi connectivity index (χ4v) is 1.79. The lowest BCUT2D eigenvalue weighted by Crippen LogP contribution is -2.10. The standard InChI is InChI=1S/C12H8F3N3O4/c13-6-2-1-5(8(14)9(6)15)11-10(12(21)22)16-17-18(11)4-3-7(19)20/h1-2H,3-4H2,(H,19,20)(H,21,22). The van der Waals surface area contributed by atoms with Crippen molar-refractivity contribution in [3.63, 3.8) is 0 Å². The topological polar surface area (TPSA) is 105 Å². The maximum absolute atomic E-state index is 13.9. The second-order valence-electron chi connectivity index (χ2n) is 4.18. The maximum Gasteiger partial charge on any atom is 0.358 e. The third kappa shape index (κ3) is 2.75. The van der Waals surface area contributed by atoms with Gasteiger partial charge >= 0.3 is 11.9 Å². The van der Waals surface area contributed by atoms with Crippen LogP contribution in [0, 0.1) is 17.5 Å². The summed E-state index contributed by atoms with van der Waals surface area (Å²) in [5.74, 6) is -7.60. The molecule has 0 amide bonds. The van der Waals surface area contributed by atoms with Gasteiger partial charge in [0.1, 0.15) is 5.69 Å². The van der Waals surface area contributed by atoms with E-state index in [4.69, 9.17) is 10.2 Å². The van der Waals surface area contributed by atoms with Gasteiger partial charge in [-0.2, -0.15) is 0 Å². The molecule has 0 aliphatic rings. The molecule has 7 nitrogen and oxygen atoms in total. The number of carboxylic acids is 2. The Hall–Kier alpha value is -2.91. The molecule has 0 unspecified atom stereocenters. The minimum absolute atomic E-state index is 0.316. The highest BCUT2D eigenvalue weighted by Crippen LogP contribution is 2.28. The predicted octanol–water partition coefficient (Wildman–Crippen LogP) is 1.54. The molecule has 116 valence electrons. The van der Waals surface area contributed by atoms with Crippen LogP contribution in [0.2, 0.25) is 0 Å². The number of hydrogen-bond acceptors (Lipinski definition) is 4. The molecule has 1 aromatic heterocycles. The molecule has 10 heteroatoms. The average Bonchev–Trinajstić information content (AvgIpc) is 2.86. The van der Waals surface area contributed by atoms with Gasteiger partial charge in [0.25, 0.3) is 0 Å². The fraction of sp³-hybridized carbons (Fsp3) is 0.167. The first-order valence-electron chi connectivity index (χ1n) is 5.85. The van der Waals surface area contributed by atoms with Gasteiger partial charge in [0.15, 0.2) is 23.1 Å². The van der Waals surface area contributed by atoms with E-state index in [9.17, 15) is 22.8 Å².